The van der Waals surface area contributed by atoms with E-state index in [1.54, 1.807) is 13.1 Å². The van der Waals surface area contributed by atoms with E-state index in [0.717, 1.165) is 9.78 Å². The first-order valence-corrected chi connectivity index (χ1v) is 6.68. The minimum Gasteiger partial charge on any atom is -0.277 e. The maximum atomic E-state index is 12.3. The van der Waals surface area contributed by atoms with E-state index in [9.17, 15) is 14.4 Å². The first kappa shape index (κ1) is 13.7. The molecule has 1 aromatic heterocycles. The number of carbonyl (C=O) groups is 3. The van der Waals surface area contributed by atoms with Gasteiger partial charge in [0.2, 0.25) is 11.8 Å². The van der Waals surface area contributed by atoms with E-state index in [4.69, 9.17) is 0 Å². The molecule has 0 saturated carbocycles. The van der Waals surface area contributed by atoms with Crippen LogP contribution in [-0.4, -0.2) is 27.7 Å². The van der Waals surface area contributed by atoms with Crippen molar-refractivity contribution in [1.29, 1.82) is 0 Å². The molecule has 1 aliphatic heterocycles. The van der Waals surface area contributed by atoms with E-state index in [1.165, 1.54) is 25.2 Å². The van der Waals surface area contributed by atoms with Gasteiger partial charge >= 0.3 is 6.03 Å². The Morgan fingerprint density at radius 2 is 2.00 bits per heavy atom. The second-order valence-corrected chi connectivity index (χ2v) is 6.31. The van der Waals surface area contributed by atoms with Crippen molar-refractivity contribution in [3.63, 3.8) is 0 Å². The first-order chi connectivity index (χ1) is 8.75. The van der Waals surface area contributed by atoms with E-state index in [1.807, 2.05) is 6.92 Å². The third kappa shape index (κ3) is 2.14. The Kier molecular flexibility index (Phi) is 3.17. The number of nitrogens with zero attached hydrogens (tertiary/aromatic N) is 2. The summed E-state index contributed by atoms with van der Waals surface area (Å²) in [6, 6.07) is -1.17. The molecule has 0 radical (unpaired) electrons. The summed E-state index contributed by atoms with van der Waals surface area (Å²) in [5.74, 6) is -1.07. The quantitative estimate of drug-likeness (QED) is 0.835. The molecular weight excluding hydrogens is 266 g/mol. The van der Waals surface area contributed by atoms with Gasteiger partial charge in [0.1, 0.15) is 10.4 Å². The molecule has 19 heavy (non-hydrogen) atoms. The van der Waals surface area contributed by atoms with Gasteiger partial charge in [0, 0.05) is 11.1 Å². The van der Waals surface area contributed by atoms with Crippen LogP contribution >= 0.6 is 11.3 Å². The lowest BCUT2D eigenvalue weighted by molar-refractivity contribution is -0.150. The van der Waals surface area contributed by atoms with Gasteiger partial charge in [0.15, 0.2) is 0 Å². The van der Waals surface area contributed by atoms with Crippen LogP contribution in [-0.2, 0) is 9.59 Å². The molecule has 1 unspecified atom stereocenters. The summed E-state index contributed by atoms with van der Waals surface area (Å²) in [6.45, 7) is 6.63. The van der Waals surface area contributed by atoms with Gasteiger partial charge in [0.05, 0.1) is 6.04 Å². The molecule has 1 aromatic rings. The number of amides is 4. The molecule has 1 atom stereocenters. The number of hydrogen-bond donors (Lipinski definition) is 1. The zero-order valence-corrected chi connectivity index (χ0v) is 12.0. The molecule has 0 aromatic carbocycles. The molecule has 6 nitrogen and oxygen atoms in total. The molecule has 0 bridgehead atoms. The molecular formula is C12H15N3O3S. The highest BCUT2D eigenvalue weighted by atomic mass is 32.1. The topological polar surface area (TPSA) is 79.4 Å². The average Bonchev–Trinajstić information content (AvgIpc) is 2.74. The van der Waals surface area contributed by atoms with Gasteiger partial charge in [-0.1, -0.05) is 0 Å². The number of imide groups is 2. The van der Waals surface area contributed by atoms with Crippen LogP contribution in [0.25, 0.3) is 0 Å². The Balaban J connectivity index is 2.35. The summed E-state index contributed by atoms with van der Waals surface area (Å²) in [5, 5.41) is 2.88. The van der Waals surface area contributed by atoms with Gasteiger partial charge in [0.25, 0.3) is 0 Å². The lowest BCUT2D eigenvalue weighted by atomic mass is 9.88. The highest BCUT2D eigenvalue weighted by molar-refractivity contribution is 7.11. The standard InChI is InChI=1S/C12H15N3O3S/c1-6-5-13-8(19-6)7(2)15-10(17)12(3,4)9(16)14-11(15)18/h5,7H,1-4H3,(H,14,16,18). The lowest BCUT2D eigenvalue weighted by Crippen LogP contribution is -2.62. The summed E-state index contributed by atoms with van der Waals surface area (Å²) < 4.78 is 0. The van der Waals surface area contributed by atoms with Crippen LogP contribution in [0.1, 0.15) is 36.7 Å². The number of aryl methyl sites for hydroxylation is 1. The highest BCUT2D eigenvalue weighted by Gasteiger charge is 2.49. The number of carbonyl (C=O) groups excluding carboxylic acids is 3. The zero-order chi connectivity index (χ0) is 14.4. The van der Waals surface area contributed by atoms with Crippen molar-refractivity contribution in [3.8, 4) is 0 Å². The van der Waals surface area contributed by atoms with Crippen LogP contribution in [0.5, 0.6) is 0 Å². The molecule has 102 valence electrons. The molecule has 7 heteroatoms. The Hall–Kier alpha value is -1.76. The molecule has 4 amide bonds. The van der Waals surface area contributed by atoms with Crippen molar-refractivity contribution in [2.24, 2.45) is 5.41 Å². The first-order valence-electron chi connectivity index (χ1n) is 5.86. The van der Waals surface area contributed by atoms with Gasteiger partial charge in [-0.15, -0.1) is 11.3 Å². The molecule has 1 N–H and O–H groups in total. The van der Waals surface area contributed by atoms with Crippen LogP contribution in [0.3, 0.4) is 0 Å². The smallest absolute Gasteiger partial charge is 0.277 e. The summed E-state index contributed by atoms with van der Waals surface area (Å²) in [4.78, 5) is 42.1. The Morgan fingerprint density at radius 1 is 1.37 bits per heavy atom. The summed E-state index contributed by atoms with van der Waals surface area (Å²) >= 11 is 1.42. The predicted octanol–water partition coefficient (Wildman–Crippen LogP) is 1.62. The molecule has 1 fully saturated rings. The van der Waals surface area contributed by atoms with Crippen LogP contribution in [0, 0.1) is 12.3 Å². The third-order valence-corrected chi connectivity index (χ3v) is 4.23. The largest absolute Gasteiger partial charge is 0.331 e. The number of barbiturate groups is 1. The van der Waals surface area contributed by atoms with Gasteiger partial charge in [-0.3, -0.25) is 19.8 Å². The van der Waals surface area contributed by atoms with E-state index >= 15 is 0 Å². The fraction of sp³-hybridized carbons (Fsp3) is 0.500. The number of aromatic nitrogens is 1. The lowest BCUT2D eigenvalue weighted by Gasteiger charge is -2.37. The van der Waals surface area contributed by atoms with Gasteiger partial charge in [-0.2, -0.15) is 0 Å². The van der Waals surface area contributed by atoms with Crippen molar-refractivity contribution in [1.82, 2.24) is 15.2 Å². The zero-order valence-electron chi connectivity index (χ0n) is 11.2. The normalized spacial score (nSPS) is 20.4. The third-order valence-electron chi connectivity index (χ3n) is 3.14. The molecule has 1 saturated heterocycles. The van der Waals surface area contributed by atoms with Crippen molar-refractivity contribution in [3.05, 3.63) is 16.1 Å². The Labute approximate surface area is 114 Å². The van der Waals surface area contributed by atoms with E-state index < -0.39 is 29.3 Å². The van der Waals surface area contributed by atoms with Crippen molar-refractivity contribution in [2.45, 2.75) is 33.7 Å². The second kappa shape index (κ2) is 4.41. The predicted molar refractivity (Wildman–Crippen MR) is 69.4 cm³/mol. The number of urea groups is 1. The molecule has 1 aliphatic rings. The van der Waals surface area contributed by atoms with E-state index in [2.05, 4.69) is 10.3 Å². The van der Waals surface area contributed by atoms with E-state index in [0.29, 0.717) is 5.01 Å². The van der Waals surface area contributed by atoms with Crippen LogP contribution in [0.2, 0.25) is 0 Å². The molecule has 2 heterocycles. The molecule has 0 spiro atoms. The van der Waals surface area contributed by atoms with Crippen molar-refractivity contribution < 1.29 is 14.4 Å². The number of hydrogen-bond acceptors (Lipinski definition) is 5. The maximum absolute atomic E-state index is 12.3. The average molecular weight is 281 g/mol. The number of thiazole rings is 1. The molecule has 2 rings (SSSR count). The second-order valence-electron chi connectivity index (χ2n) is 5.04. The number of nitrogens with one attached hydrogen (secondary N) is 1. The monoisotopic (exact) mass is 281 g/mol. The fourth-order valence-electron chi connectivity index (χ4n) is 1.83. The van der Waals surface area contributed by atoms with Gasteiger partial charge in [-0.05, 0) is 27.7 Å². The SMILES string of the molecule is Cc1cnc(C(C)N2C(=O)NC(=O)C(C)(C)C2=O)s1. The summed E-state index contributed by atoms with van der Waals surface area (Å²) in [7, 11) is 0. The Morgan fingerprint density at radius 3 is 2.53 bits per heavy atom. The minimum absolute atomic E-state index is 0.487. The minimum atomic E-state index is -1.24. The van der Waals surface area contributed by atoms with Gasteiger partial charge < -0.3 is 0 Å². The fourth-order valence-corrected chi connectivity index (χ4v) is 2.65. The Bertz CT molecular complexity index is 564. The van der Waals surface area contributed by atoms with Crippen LogP contribution in [0.15, 0.2) is 6.20 Å². The van der Waals surface area contributed by atoms with Crippen LogP contribution < -0.4 is 5.32 Å². The van der Waals surface area contributed by atoms with Crippen LogP contribution in [0.4, 0.5) is 4.79 Å². The van der Waals surface area contributed by atoms with Gasteiger partial charge in [-0.25, -0.2) is 9.78 Å². The molecule has 0 aliphatic carbocycles. The van der Waals surface area contributed by atoms with Crippen molar-refractivity contribution in [2.75, 3.05) is 0 Å². The maximum Gasteiger partial charge on any atom is 0.331 e. The van der Waals surface area contributed by atoms with E-state index in [-0.39, 0.29) is 0 Å². The van der Waals surface area contributed by atoms with Crippen molar-refractivity contribution >= 4 is 29.2 Å². The summed E-state index contributed by atoms with van der Waals surface area (Å²) in [6.07, 6.45) is 1.69. The summed E-state index contributed by atoms with van der Waals surface area (Å²) in [5.41, 5.74) is -1.24. The number of rotatable bonds is 2. The highest BCUT2D eigenvalue weighted by Crippen LogP contribution is 2.31.